The standard InChI is InChI=1S/C8H8Cl2N2O3/c9-4-1-2-6(12(14)15)8(10)7(4)5(11)3-13/h1-2,5,13H,3,11H2/t5-/m1/s1. The maximum absolute atomic E-state index is 10.6. The number of nitro groups is 1. The zero-order valence-electron chi connectivity index (χ0n) is 7.48. The van der Waals surface area contributed by atoms with Gasteiger partial charge in [0.25, 0.3) is 5.69 Å². The van der Waals surface area contributed by atoms with Crippen LogP contribution in [-0.4, -0.2) is 16.6 Å². The highest BCUT2D eigenvalue weighted by molar-refractivity contribution is 6.37. The molecule has 0 aliphatic rings. The van der Waals surface area contributed by atoms with E-state index < -0.39 is 11.0 Å². The van der Waals surface area contributed by atoms with Crippen LogP contribution in [0.15, 0.2) is 12.1 Å². The molecular weight excluding hydrogens is 243 g/mol. The minimum absolute atomic E-state index is 0.131. The van der Waals surface area contributed by atoms with Gasteiger partial charge < -0.3 is 10.8 Å². The Balaban J connectivity index is 3.36. The van der Waals surface area contributed by atoms with Crippen LogP contribution in [0.2, 0.25) is 10.0 Å². The maximum Gasteiger partial charge on any atom is 0.288 e. The molecule has 5 nitrogen and oxygen atoms in total. The average molecular weight is 251 g/mol. The fraction of sp³-hybridized carbons (Fsp3) is 0.250. The van der Waals surface area contributed by atoms with Crippen LogP contribution in [0.25, 0.3) is 0 Å². The fourth-order valence-electron chi connectivity index (χ4n) is 1.13. The topological polar surface area (TPSA) is 89.4 Å². The summed E-state index contributed by atoms with van der Waals surface area (Å²) in [5.41, 5.74) is 5.44. The summed E-state index contributed by atoms with van der Waals surface area (Å²) in [7, 11) is 0. The van der Waals surface area contributed by atoms with Gasteiger partial charge in [-0.1, -0.05) is 23.2 Å². The Kier molecular flexibility index (Phi) is 3.87. The summed E-state index contributed by atoms with van der Waals surface area (Å²) in [6.07, 6.45) is 0. The second kappa shape index (κ2) is 4.76. The van der Waals surface area contributed by atoms with Gasteiger partial charge in [0.15, 0.2) is 0 Å². The van der Waals surface area contributed by atoms with Crippen molar-refractivity contribution in [1.82, 2.24) is 0 Å². The van der Waals surface area contributed by atoms with Gasteiger partial charge in [-0.3, -0.25) is 10.1 Å². The molecule has 0 aromatic heterocycles. The minimum Gasteiger partial charge on any atom is -0.394 e. The van der Waals surface area contributed by atoms with E-state index in [1.165, 1.54) is 12.1 Å². The molecule has 0 saturated heterocycles. The summed E-state index contributed by atoms with van der Waals surface area (Å²) in [6, 6.07) is 1.69. The number of halogens is 2. The summed E-state index contributed by atoms with van der Waals surface area (Å²) in [5.74, 6) is 0. The molecule has 0 spiro atoms. The molecule has 0 heterocycles. The molecule has 15 heavy (non-hydrogen) atoms. The lowest BCUT2D eigenvalue weighted by molar-refractivity contribution is -0.384. The average Bonchev–Trinajstić information content (AvgIpc) is 2.16. The molecule has 1 aromatic rings. The fourth-order valence-corrected chi connectivity index (χ4v) is 1.85. The van der Waals surface area contributed by atoms with Crippen LogP contribution >= 0.6 is 23.2 Å². The lowest BCUT2D eigenvalue weighted by Crippen LogP contribution is -2.16. The van der Waals surface area contributed by atoms with Crippen molar-refractivity contribution >= 4 is 28.9 Å². The minimum atomic E-state index is -0.829. The Labute approximate surface area is 95.6 Å². The van der Waals surface area contributed by atoms with E-state index >= 15 is 0 Å². The van der Waals surface area contributed by atoms with Crippen molar-refractivity contribution in [3.63, 3.8) is 0 Å². The van der Waals surface area contributed by atoms with Gasteiger partial charge in [0.1, 0.15) is 5.02 Å². The van der Waals surface area contributed by atoms with E-state index in [-0.39, 0.29) is 27.9 Å². The van der Waals surface area contributed by atoms with Gasteiger partial charge in [-0.15, -0.1) is 0 Å². The largest absolute Gasteiger partial charge is 0.394 e. The number of rotatable bonds is 3. The molecular formula is C8H8Cl2N2O3. The van der Waals surface area contributed by atoms with Crippen LogP contribution in [-0.2, 0) is 0 Å². The van der Waals surface area contributed by atoms with E-state index in [2.05, 4.69) is 0 Å². The van der Waals surface area contributed by atoms with Crippen LogP contribution < -0.4 is 5.73 Å². The molecule has 0 unspecified atom stereocenters. The van der Waals surface area contributed by atoms with E-state index in [4.69, 9.17) is 34.0 Å². The summed E-state index contributed by atoms with van der Waals surface area (Å²) in [4.78, 5) is 9.94. The quantitative estimate of drug-likeness (QED) is 0.634. The first-order valence-electron chi connectivity index (χ1n) is 3.97. The Morgan fingerprint density at radius 3 is 2.60 bits per heavy atom. The third-order valence-electron chi connectivity index (χ3n) is 1.87. The SMILES string of the molecule is N[C@H](CO)c1c(Cl)ccc([N+](=O)[O-])c1Cl. The van der Waals surface area contributed by atoms with E-state index in [0.717, 1.165) is 0 Å². The molecule has 7 heteroatoms. The molecule has 0 bridgehead atoms. The van der Waals surface area contributed by atoms with E-state index in [1.54, 1.807) is 0 Å². The second-order valence-electron chi connectivity index (χ2n) is 2.84. The number of nitrogens with zero attached hydrogens (tertiary/aromatic N) is 1. The zero-order chi connectivity index (χ0) is 11.6. The van der Waals surface area contributed by atoms with Gasteiger partial charge in [0, 0.05) is 16.7 Å². The highest BCUT2D eigenvalue weighted by Crippen LogP contribution is 2.35. The Bertz CT molecular complexity index is 398. The van der Waals surface area contributed by atoms with Crippen LogP contribution in [0.5, 0.6) is 0 Å². The maximum atomic E-state index is 10.6. The van der Waals surface area contributed by atoms with Crippen molar-refractivity contribution in [3.05, 3.63) is 37.9 Å². The Hall–Kier alpha value is -0.880. The molecule has 1 aromatic carbocycles. The van der Waals surface area contributed by atoms with Crippen molar-refractivity contribution in [1.29, 1.82) is 0 Å². The molecule has 0 radical (unpaired) electrons. The van der Waals surface area contributed by atoms with Gasteiger partial charge in [-0.25, -0.2) is 0 Å². The number of aliphatic hydroxyl groups is 1. The molecule has 1 atom stereocenters. The summed E-state index contributed by atoms with van der Waals surface area (Å²) >= 11 is 11.5. The lowest BCUT2D eigenvalue weighted by atomic mass is 10.1. The van der Waals surface area contributed by atoms with E-state index in [9.17, 15) is 10.1 Å². The number of nitro benzene ring substituents is 1. The number of hydrogen-bond acceptors (Lipinski definition) is 4. The second-order valence-corrected chi connectivity index (χ2v) is 3.63. The Morgan fingerprint density at radius 2 is 2.13 bits per heavy atom. The van der Waals surface area contributed by atoms with E-state index in [1.807, 2.05) is 0 Å². The van der Waals surface area contributed by atoms with Gasteiger partial charge in [-0.05, 0) is 6.07 Å². The van der Waals surface area contributed by atoms with Crippen molar-refractivity contribution < 1.29 is 10.0 Å². The molecule has 1 rings (SSSR count). The van der Waals surface area contributed by atoms with Gasteiger partial charge in [-0.2, -0.15) is 0 Å². The highest BCUT2D eigenvalue weighted by Gasteiger charge is 2.22. The molecule has 82 valence electrons. The van der Waals surface area contributed by atoms with Crippen LogP contribution in [0.3, 0.4) is 0 Å². The summed E-state index contributed by atoms with van der Waals surface area (Å²) < 4.78 is 0. The summed E-state index contributed by atoms with van der Waals surface area (Å²) in [6.45, 7) is -0.388. The first-order valence-corrected chi connectivity index (χ1v) is 4.73. The summed E-state index contributed by atoms with van der Waals surface area (Å²) in [5, 5.41) is 19.5. The lowest BCUT2D eigenvalue weighted by Gasteiger charge is -2.12. The smallest absolute Gasteiger partial charge is 0.288 e. The molecule has 0 aliphatic carbocycles. The van der Waals surface area contributed by atoms with Gasteiger partial charge in [0.05, 0.1) is 17.6 Å². The number of aliphatic hydroxyl groups excluding tert-OH is 1. The number of nitrogens with two attached hydrogens (primary N) is 1. The van der Waals surface area contributed by atoms with Crippen molar-refractivity contribution in [2.24, 2.45) is 5.73 Å². The zero-order valence-corrected chi connectivity index (χ0v) is 9.00. The molecule has 3 N–H and O–H groups in total. The molecule has 0 aliphatic heterocycles. The predicted octanol–water partition coefficient (Wildman–Crippen LogP) is 1.89. The molecule has 0 fully saturated rings. The van der Waals surface area contributed by atoms with Crippen LogP contribution in [0, 0.1) is 10.1 Å². The van der Waals surface area contributed by atoms with Crippen LogP contribution in [0.4, 0.5) is 5.69 Å². The third-order valence-corrected chi connectivity index (χ3v) is 2.60. The van der Waals surface area contributed by atoms with Gasteiger partial charge in [0.2, 0.25) is 0 Å². The number of hydrogen-bond donors (Lipinski definition) is 2. The van der Waals surface area contributed by atoms with E-state index in [0.29, 0.717) is 0 Å². The van der Waals surface area contributed by atoms with Crippen molar-refractivity contribution in [2.45, 2.75) is 6.04 Å². The van der Waals surface area contributed by atoms with Crippen LogP contribution in [0.1, 0.15) is 11.6 Å². The third kappa shape index (κ3) is 2.38. The van der Waals surface area contributed by atoms with Crippen molar-refractivity contribution in [2.75, 3.05) is 6.61 Å². The van der Waals surface area contributed by atoms with Crippen molar-refractivity contribution in [3.8, 4) is 0 Å². The molecule has 0 saturated carbocycles. The first kappa shape index (κ1) is 12.2. The monoisotopic (exact) mass is 250 g/mol. The highest BCUT2D eigenvalue weighted by atomic mass is 35.5. The number of benzene rings is 1. The van der Waals surface area contributed by atoms with Gasteiger partial charge >= 0.3 is 0 Å². The predicted molar refractivity (Wildman–Crippen MR) is 57.1 cm³/mol. The molecule has 0 amide bonds. The first-order chi connectivity index (χ1) is 6.99. The Morgan fingerprint density at radius 1 is 1.53 bits per heavy atom. The normalized spacial score (nSPS) is 12.5.